The number of aryl methyl sites for hydroxylation is 2. The number of ether oxygens (including phenoxy) is 1. The number of nitrogen functional groups attached to an aromatic ring is 1. The maximum atomic E-state index is 12.5. The van der Waals surface area contributed by atoms with E-state index < -0.39 is 6.10 Å². The van der Waals surface area contributed by atoms with Crippen LogP contribution in [0.25, 0.3) is 0 Å². The van der Waals surface area contributed by atoms with Crippen LogP contribution >= 0.6 is 0 Å². The molecule has 1 aromatic heterocycles. The molecule has 1 aliphatic heterocycles. The highest BCUT2D eigenvalue weighted by Crippen LogP contribution is 2.19. The molecule has 1 aromatic rings. The van der Waals surface area contributed by atoms with Crippen LogP contribution in [0.3, 0.4) is 0 Å². The predicted octanol–water partition coefficient (Wildman–Crippen LogP) is 0.158. The average molecular weight is 263 g/mol. The lowest BCUT2D eigenvalue weighted by molar-refractivity contribution is 0.00297. The van der Waals surface area contributed by atoms with E-state index in [1.54, 1.807) is 16.5 Å². The first kappa shape index (κ1) is 13.4. The van der Waals surface area contributed by atoms with Gasteiger partial charge in [-0.15, -0.1) is 0 Å². The molecular formula is C12H17N5O2. The highest BCUT2D eigenvalue weighted by molar-refractivity contribution is 5.98. The number of hydrogen-bond donors (Lipinski definition) is 1. The lowest BCUT2D eigenvalue weighted by atomic mass is 10.2. The first-order valence-corrected chi connectivity index (χ1v) is 6.21. The van der Waals surface area contributed by atoms with Crippen LogP contribution in [0.2, 0.25) is 0 Å². The van der Waals surface area contributed by atoms with E-state index in [0.717, 1.165) is 0 Å². The lowest BCUT2D eigenvalue weighted by Crippen LogP contribution is -2.45. The van der Waals surface area contributed by atoms with Crippen molar-refractivity contribution in [3.05, 3.63) is 11.4 Å². The molecule has 0 aliphatic carbocycles. The highest BCUT2D eigenvalue weighted by atomic mass is 16.5. The zero-order chi connectivity index (χ0) is 14.0. The van der Waals surface area contributed by atoms with Crippen LogP contribution in [0.5, 0.6) is 0 Å². The number of anilines is 1. The number of amides is 1. The van der Waals surface area contributed by atoms with Crippen LogP contribution in [0, 0.1) is 18.3 Å². The van der Waals surface area contributed by atoms with Crippen molar-refractivity contribution in [2.45, 2.75) is 26.5 Å². The standard InChI is InChI=1S/C12H17N5O2/c1-3-17-11(10(14)8(2)15-17)12(18)16-4-5-19-9(6-13)7-16/h9H,3-5,7,14H2,1-2H3. The Morgan fingerprint density at radius 1 is 1.68 bits per heavy atom. The Hall–Kier alpha value is -2.07. The molecule has 102 valence electrons. The van der Waals surface area contributed by atoms with Gasteiger partial charge in [0.25, 0.3) is 5.91 Å². The van der Waals surface area contributed by atoms with E-state index in [-0.39, 0.29) is 12.5 Å². The molecule has 0 bridgehead atoms. The number of rotatable bonds is 2. The monoisotopic (exact) mass is 263 g/mol. The molecule has 0 saturated carbocycles. The quantitative estimate of drug-likeness (QED) is 0.819. The summed E-state index contributed by atoms with van der Waals surface area (Å²) in [6, 6.07) is 2.02. The minimum atomic E-state index is -0.571. The van der Waals surface area contributed by atoms with Crippen LogP contribution < -0.4 is 5.73 Å². The summed E-state index contributed by atoms with van der Waals surface area (Å²) in [5.74, 6) is -0.191. The molecule has 0 aromatic carbocycles. The van der Waals surface area contributed by atoms with Crippen molar-refractivity contribution >= 4 is 11.6 Å². The third-order valence-electron chi connectivity index (χ3n) is 3.17. The van der Waals surface area contributed by atoms with Gasteiger partial charge in [0.15, 0.2) is 6.10 Å². The first-order valence-electron chi connectivity index (χ1n) is 6.21. The molecular weight excluding hydrogens is 246 g/mol. The second-order valence-corrected chi connectivity index (χ2v) is 4.40. The third kappa shape index (κ3) is 2.39. The van der Waals surface area contributed by atoms with Gasteiger partial charge < -0.3 is 15.4 Å². The average Bonchev–Trinajstić information content (AvgIpc) is 2.73. The van der Waals surface area contributed by atoms with Gasteiger partial charge in [0.05, 0.1) is 30.6 Å². The van der Waals surface area contributed by atoms with Crippen LogP contribution in [-0.2, 0) is 11.3 Å². The fraction of sp³-hybridized carbons (Fsp3) is 0.583. The van der Waals surface area contributed by atoms with Crippen molar-refractivity contribution in [3.63, 3.8) is 0 Å². The number of carbonyl (C=O) groups excluding carboxylic acids is 1. The van der Waals surface area contributed by atoms with Crippen molar-refractivity contribution in [3.8, 4) is 6.07 Å². The molecule has 1 unspecified atom stereocenters. The number of nitriles is 1. The number of hydrogen-bond acceptors (Lipinski definition) is 5. The summed E-state index contributed by atoms with van der Waals surface area (Å²) in [7, 11) is 0. The summed E-state index contributed by atoms with van der Waals surface area (Å²) in [4.78, 5) is 14.1. The second kappa shape index (κ2) is 5.28. The minimum Gasteiger partial charge on any atom is -0.395 e. The number of morpholine rings is 1. The molecule has 2 heterocycles. The fourth-order valence-electron chi connectivity index (χ4n) is 2.11. The molecule has 1 aliphatic rings. The first-order chi connectivity index (χ1) is 9.08. The third-order valence-corrected chi connectivity index (χ3v) is 3.17. The summed E-state index contributed by atoms with van der Waals surface area (Å²) < 4.78 is 6.83. The van der Waals surface area contributed by atoms with E-state index >= 15 is 0 Å². The van der Waals surface area contributed by atoms with Gasteiger partial charge in [-0.2, -0.15) is 10.4 Å². The second-order valence-electron chi connectivity index (χ2n) is 4.40. The van der Waals surface area contributed by atoms with Gasteiger partial charge in [-0.25, -0.2) is 0 Å². The largest absolute Gasteiger partial charge is 0.395 e. The Morgan fingerprint density at radius 2 is 2.42 bits per heavy atom. The Bertz CT molecular complexity index is 531. The molecule has 2 N–H and O–H groups in total. The van der Waals surface area contributed by atoms with E-state index in [1.165, 1.54) is 0 Å². The van der Waals surface area contributed by atoms with Gasteiger partial charge in [0.2, 0.25) is 0 Å². The number of carbonyl (C=O) groups is 1. The van der Waals surface area contributed by atoms with Crippen molar-refractivity contribution in [2.75, 3.05) is 25.4 Å². The lowest BCUT2D eigenvalue weighted by Gasteiger charge is -2.29. The van der Waals surface area contributed by atoms with Crippen LogP contribution in [-0.4, -0.2) is 46.4 Å². The summed E-state index contributed by atoms with van der Waals surface area (Å²) in [6.45, 7) is 5.34. The maximum Gasteiger partial charge on any atom is 0.274 e. The van der Waals surface area contributed by atoms with Crippen LogP contribution in [0.1, 0.15) is 23.1 Å². The molecule has 0 spiro atoms. The van der Waals surface area contributed by atoms with E-state index in [9.17, 15) is 4.79 Å². The molecule has 19 heavy (non-hydrogen) atoms. The molecule has 0 radical (unpaired) electrons. The Balaban J connectivity index is 2.27. The molecule has 1 saturated heterocycles. The molecule has 7 nitrogen and oxygen atoms in total. The highest BCUT2D eigenvalue weighted by Gasteiger charge is 2.29. The summed E-state index contributed by atoms with van der Waals surface area (Å²) in [5, 5.41) is 13.1. The smallest absolute Gasteiger partial charge is 0.274 e. The van der Waals surface area contributed by atoms with Gasteiger partial charge >= 0.3 is 0 Å². The van der Waals surface area contributed by atoms with Crippen molar-refractivity contribution in [2.24, 2.45) is 0 Å². The summed E-state index contributed by atoms with van der Waals surface area (Å²) in [6.07, 6.45) is -0.571. The van der Waals surface area contributed by atoms with Crippen molar-refractivity contribution < 1.29 is 9.53 Å². The summed E-state index contributed by atoms with van der Waals surface area (Å²) >= 11 is 0. The Kier molecular flexibility index (Phi) is 3.71. The van der Waals surface area contributed by atoms with Crippen LogP contribution in [0.4, 0.5) is 5.69 Å². The zero-order valence-corrected chi connectivity index (χ0v) is 11.1. The number of nitrogens with zero attached hydrogens (tertiary/aromatic N) is 4. The van der Waals surface area contributed by atoms with Gasteiger partial charge in [-0.05, 0) is 13.8 Å². The molecule has 2 rings (SSSR count). The van der Waals surface area contributed by atoms with Gasteiger partial charge in [0, 0.05) is 13.1 Å². The van der Waals surface area contributed by atoms with Gasteiger partial charge in [-0.1, -0.05) is 0 Å². The predicted molar refractivity (Wildman–Crippen MR) is 68.3 cm³/mol. The van der Waals surface area contributed by atoms with E-state index in [1.807, 2.05) is 13.0 Å². The molecule has 7 heteroatoms. The Labute approximate surface area is 111 Å². The fourth-order valence-corrected chi connectivity index (χ4v) is 2.11. The Morgan fingerprint density at radius 3 is 3.05 bits per heavy atom. The molecule has 1 fully saturated rings. The van der Waals surface area contributed by atoms with E-state index in [4.69, 9.17) is 15.7 Å². The molecule has 1 atom stereocenters. The topological polar surface area (TPSA) is 97.2 Å². The van der Waals surface area contributed by atoms with E-state index in [2.05, 4.69) is 5.10 Å². The van der Waals surface area contributed by atoms with E-state index in [0.29, 0.717) is 36.8 Å². The normalized spacial score (nSPS) is 19.2. The van der Waals surface area contributed by atoms with Crippen LogP contribution in [0.15, 0.2) is 0 Å². The van der Waals surface area contributed by atoms with Gasteiger partial charge in [-0.3, -0.25) is 9.48 Å². The van der Waals surface area contributed by atoms with Crippen molar-refractivity contribution in [1.82, 2.24) is 14.7 Å². The molecule has 1 amide bonds. The number of nitrogens with two attached hydrogens (primary N) is 1. The number of aromatic nitrogens is 2. The maximum absolute atomic E-state index is 12.5. The summed E-state index contributed by atoms with van der Waals surface area (Å²) in [5.41, 5.74) is 7.39. The van der Waals surface area contributed by atoms with Gasteiger partial charge in [0.1, 0.15) is 5.69 Å². The minimum absolute atomic E-state index is 0.191. The zero-order valence-electron chi connectivity index (χ0n) is 11.1. The van der Waals surface area contributed by atoms with Crippen molar-refractivity contribution in [1.29, 1.82) is 5.26 Å². The SMILES string of the molecule is CCn1nc(C)c(N)c1C(=O)N1CCOC(C#N)C1.